The molecule has 0 atom stereocenters. The van der Waals surface area contributed by atoms with Crippen molar-refractivity contribution in [3.63, 3.8) is 0 Å². The lowest BCUT2D eigenvalue weighted by atomic mass is 10.3. The van der Waals surface area contributed by atoms with Gasteiger partial charge in [-0.25, -0.2) is 0 Å². The average Bonchev–Trinajstić information content (AvgIpc) is 2.70. The number of unbranched alkanes of at least 4 members (excludes halogenated alkanes) is 1. The summed E-state index contributed by atoms with van der Waals surface area (Å²) in [6.07, 6.45) is 5.40. The van der Waals surface area contributed by atoms with Crippen LogP contribution in [0.1, 0.15) is 32.1 Å². The van der Waals surface area contributed by atoms with Crippen LogP contribution in [0.15, 0.2) is 0 Å². The molecule has 1 aliphatic rings. The molecule has 1 N–H and O–H groups in total. The van der Waals surface area contributed by atoms with Crippen LogP contribution in [0.2, 0.25) is 0 Å². The minimum absolute atomic E-state index is 0.0752. The number of halogens is 1. The number of alkyl halides is 1. The van der Waals surface area contributed by atoms with E-state index in [1.54, 1.807) is 0 Å². The van der Waals surface area contributed by atoms with Crippen molar-refractivity contribution in [2.75, 3.05) is 32.1 Å². The Kier molecular flexibility index (Phi) is 6.77. The van der Waals surface area contributed by atoms with Gasteiger partial charge in [-0.3, -0.25) is 4.79 Å². The number of rotatable bonds is 7. The topological polar surface area (TPSA) is 32.3 Å². The maximum atomic E-state index is 11.1. The molecule has 15 heavy (non-hydrogen) atoms. The van der Waals surface area contributed by atoms with Crippen LogP contribution in [0.25, 0.3) is 0 Å². The zero-order valence-corrected chi connectivity index (χ0v) is 10.1. The molecule has 0 aliphatic carbocycles. The van der Waals surface area contributed by atoms with Crippen molar-refractivity contribution in [1.29, 1.82) is 0 Å². The molecule has 88 valence electrons. The Bertz CT molecular complexity index is 181. The van der Waals surface area contributed by atoms with E-state index in [4.69, 9.17) is 11.6 Å². The molecule has 1 fully saturated rings. The lowest BCUT2D eigenvalue weighted by Gasteiger charge is -2.13. The van der Waals surface area contributed by atoms with Gasteiger partial charge in [-0.15, -0.1) is 11.6 Å². The zero-order valence-electron chi connectivity index (χ0n) is 9.30. The van der Waals surface area contributed by atoms with E-state index in [1.807, 2.05) is 0 Å². The molecule has 0 bridgehead atoms. The molecule has 1 aliphatic heterocycles. The summed E-state index contributed by atoms with van der Waals surface area (Å²) in [5.41, 5.74) is 0. The van der Waals surface area contributed by atoms with Crippen molar-refractivity contribution in [2.45, 2.75) is 32.1 Å². The van der Waals surface area contributed by atoms with Crippen molar-refractivity contribution in [3.05, 3.63) is 0 Å². The van der Waals surface area contributed by atoms with E-state index in [1.165, 1.54) is 38.9 Å². The van der Waals surface area contributed by atoms with Gasteiger partial charge < -0.3 is 10.2 Å². The van der Waals surface area contributed by atoms with E-state index < -0.39 is 0 Å². The first-order valence-electron chi connectivity index (χ1n) is 5.88. The second-order valence-electron chi connectivity index (χ2n) is 4.04. The predicted octanol–water partition coefficient (Wildman–Crippen LogP) is 1.61. The molecule has 0 radical (unpaired) electrons. The van der Waals surface area contributed by atoms with Crippen molar-refractivity contribution in [3.8, 4) is 0 Å². The molecule has 0 saturated carbocycles. The number of carbonyl (C=O) groups excluding carboxylic acids is 1. The minimum atomic E-state index is 0.0752. The largest absolute Gasteiger partial charge is 0.356 e. The molecule has 0 aromatic rings. The van der Waals surface area contributed by atoms with Gasteiger partial charge in [0.1, 0.15) is 0 Å². The maximum Gasteiger partial charge on any atom is 0.221 e. The molecule has 1 rings (SSSR count). The number of nitrogens with one attached hydrogen (secondary N) is 1. The molecule has 1 heterocycles. The van der Waals surface area contributed by atoms with E-state index in [2.05, 4.69) is 10.2 Å². The van der Waals surface area contributed by atoms with Gasteiger partial charge in [0.2, 0.25) is 5.91 Å². The summed E-state index contributed by atoms with van der Waals surface area (Å²) < 4.78 is 0. The maximum absolute atomic E-state index is 11.1. The van der Waals surface area contributed by atoms with Gasteiger partial charge in [-0.2, -0.15) is 0 Å². The summed E-state index contributed by atoms with van der Waals surface area (Å²) in [5.74, 6) is 0.491. The van der Waals surface area contributed by atoms with Gasteiger partial charge in [-0.05, 0) is 45.3 Å². The van der Waals surface area contributed by atoms with Gasteiger partial charge in [-0.1, -0.05) is 0 Å². The van der Waals surface area contributed by atoms with Crippen LogP contribution in [0.4, 0.5) is 0 Å². The quantitative estimate of drug-likeness (QED) is 0.534. The van der Waals surface area contributed by atoms with E-state index in [9.17, 15) is 4.79 Å². The lowest BCUT2D eigenvalue weighted by Crippen LogP contribution is -2.26. The molecule has 1 amide bonds. The molecule has 1 saturated heterocycles. The summed E-state index contributed by atoms with van der Waals surface area (Å²) in [6, 6.07) is 0. The fraction of sp³-hybridized carbons (Fsp3) is 0.909. The van der Waals surface area contributed by atoms with Gasteiger partial charge in [0, 0.05) is 18.8 Å². The van der Waals surface area contributed by atoms with Crippen LogP contribution in [0, 0.1) is 0 Å². The second kappa shape index (κ2) is 7.94. The fourth-order valence-electron chi connectivity index (χ4n) is 1.87. The van der Waals surface area contributed by atoms with E-state index in [-0.39, 0.29) is 5.91 Å². The third-order valence-electron chi connectivity index (χ3n) is 2.74. The lowest BCUT2D eigenvalue weighted by molar-refractivity contribution is -0.120. The Labute approximate surface area is 97.2 Å². The predicted molar refractivity (Wildman–Crippen MR) is 63.3 cm³/mol. The number of likely N-dealkylation sites (tertiary alicyclic amines) is 1. The average molecular weight is 233 g/mol. The van der Waals surface area contributed by atoms with Crippen LogP contribution >= 0.6 is 11.6 Å². The Morgan fingerprint density at radius 3 is 2.67 bits per heavy atom. The Balaban J connectivity index is 1.86. The molecule has 3 nitrogen and oxygen atoms in total. The highest BCUT2D eigenvalue weighted by Crippen LogP contribution is 2.07. The van der Waals surface area contributed by atoms with Gasteiger partial charge in [0.15, 0.2) is 0 Å². The van der Waals surface area contributed by atoms with Crippen LogP contribution in [0.5, 0.6) is 0 Å². The van der Waals surface area contributed by atoms with Crippen molar-refractivity contribution in [2.24, 2.45) is 0 Å². The smallest absolute Gasteiger partial charge is 0.221 e. The first kappa shape index (κ1) is 12.8. The van der Waals surface area contributed by atoms with Crippen LogP contribution in [-0.4, -0.2) is 42.9 Å². The molecular weight excluding hydrogens is 212 g/mol. The summed E-state index contributed by atoms with van der Waals surface area (Å²) >= 11 is 5.46. The first-order chi connectivity index (χ1) is 7.33. The fourth-order valence-corrected chi connectivity index (χ4v) is 2.04. The number of hydrogen-bond acceptors (Lipinski definition) is 2. The second-order valence-corrected chi connectivity index (χ2v) is 4.42. The van der Waals surface area contributed by atoms with Crippen molar-refractivity contribution < 1.29 is 4.79 Å². The highest BCUT2D eigenvalue weighted by molar-refractivity contribution is 6.18. The SMILES string of the molecule is O=C(CCCl)NCCCCN1CCCC1. The van der Waals surface area contributed by atoms with Crippen LogP contribution in [0.3, 0.4) is 0 Å². The summed E-state index contributed by atoms with van der Waals surface area (Å²) in [7, 11) is 0. The molecular formula is C11H21ClN2O. The summed E-state index contributed by atoms with van der Waals surface area (Å²) in [5, 5.41) is 2.87. The van der Waals surface area contributed by atoms with Crippen LogP contribution < -0.4 is 5.32 Å². The number of carbonyl (C=O) groups is 1. The molecule has 0 spiro atoms. The Morgan fingerprint density at radius 1 is 1.27 bits per heavy atom. The molecule has 0 aromatic carbocycles. The minimum Gasteiger partial charge on any atom is -0.356 e. The molecule has 0 aromatic heterocycles. The third-order valence-corrected chi connectivity index (χ3v) is 2.93. The zero-order chi connectivity index (χ0) is 10.9. The van der Waals surface area contributed by atoms with Crippen LogP contribution in [-0.2, 0) is 4.79 Å². The van der Waals surface area contributed by atoms with E-state index >= 15 is 0 Å². The highest BCUT2D eigenvalue weighted by atomic mass is 35.5. The monoisotopic (exact) mass is 232 g/mol. The Morgan fingerprint density at radius 2 is 2.00 bits per heavy atom. The molecule has 4 heteroatoms. The first-order valence-corrected chi connectivity index (χ1v) is 6.41. The summed E-state index contributed by atoms with van der Waals surface area (Å²) in [6.45, 7) is 4.51. The standard InChI is InChI=1S/C11H21ClN2O/c12-6-5-11(15)13-7-1-2-8-14-9-3-4-10-14/h1-10H2,(H,13,15). The van der Waals surface area contributed by atoms with Gasteiger partial charge in [0.05, 0.1) is 0 Å². The van der Waals surface area contributed by atoms with E-state index in [0.29, 0.717) is 12.3 Å². The summed E-state index contributed by atoms with van der Waals surface area (Å²) in [4.78, 5) is 13.6. The number of hydrogen-bond donors (Lipinski definition) is 1. The van der Waals surface area contributed by atoms with E-state index in [0.717, 1.165) is 13.0 Å². The van der Waals surface area contributed by atoms with Crippen molar-refractivity contribution in [1.82, 2.24) is 10.2 Å². The number of amides is 1. The highest BCUT2D eigenvalue weighted by Gasteiger charge is 2.09. The number of nitrogens with zero attached hydrogens (tertiary/aromatic N) is 1. The Hall–Kier alpha value is -0.280. The third kappa shape index (κ3) is 6.00. The van der Waals surface area contributed by atoms with Crippen molar-refractivity contribution >= 4 is 17.5 Å². The van der Waals surface area contributed by atoms with Gasteiger partial charge >= 0.3 is 0 Å². The normalized spacial score (nSPS) is 16.9. The molecule has 0 unspecified atom stereocenters. The van der Waals surface area contributed by atoms with Gasteiger partial charge in [0.25, 0.3) is 0 Å².